The smallest absolute Gasteiger partial charge is 0.422 e. The molecule has 0 aliphatic heterocycles. The zero-order valence-corrected chi connectivity index (χ0v) is 12.1. The van der Waals surface area contributed by atoms with Crippen molar-refractivity contribution in [2.75, 3.05) is 6.61 Å². The first-order valence-electron chi connectivity index (χ1n) is 7.08. The number of hydrogen-bond acceptors (Lipinski definition) is 3. The van der Waals surface area contributed by atoms with Crippen molar-refractivity contribution in [1.29, 1.82) is 0 Å². The predicted molar refractivity (Wildman–Crippen MR) is 74.2 cm³/mol. The average Bonchev–Trinajstić information content (AvgIpc) is 2.93. The number of rotatable bonds is 5. The average molecular weight is 331 g/mol. The van der Waals surface area contributed by atoms with E-state index in [0.717, 1.165) is 0 Å². The first-order valence-corrected chi connectivity index (χ1v) is 7.08. The van der Waals surface area contributed by atoms with Crippen molar-refractivity contribution in [3.05, 3.63) is 29.8 Å². The minimum atomic E-state index is -4.42. The van der Waals surface area contributed by atoms with Gasteiger partial charge < -0.3 is 15.2 Å². The number of aliphatic carboxylic acids is 1. The number of nitrogens with one attached hydrogen (secondary N) is 1. The van der Waals surface area contributed by atoms with Crippen LogP contribution in [0.2, 0.25) is 0 Å². The molecule has 2 atom stereocenters. The van der Waals surface area contributed by atoms with Crippen molar-refractivity contribution in [1.82, 2.24) is 5.32 Å². The second-order valence-electron chi connectivity index (χ2n) is 5.45. The van der Waals surface area contributed by atoms with Gasteiger partial charge in [0, 0.05) is 11.6 Å². The van der Waals surface area contributed by atoms with Crippen LogP contribution in [-0.4, -0.2) is 35.8 Å². The van der Waals surface area contributed by atoms with Gasteiger partial charge in [0.05, 0.1) is 5.92 Å². The quantitative estimate of drug-likeness (QED) is 0.870. The summed E-state index contributed by atoms with van der Waals surface area (Å²) in [6, 6.07) is 5.10. The number of amides is 1. The summed E-state index contributed by atoms with van der Waals surface area (Å²) in [6.07, 6.45) is -2.92. The molecule has 1 saturated carbocycles. The Morgan fingerprint density at radius 3 is 2.39 bits per heavy atom. The molecular formula is C15H16F3NO4. The molecular weight excluding hydrogens is 315 g/mol. The van der Waals surface area contributed by atoms with Gasteiger partial charge in [-0.05, 0) is 43.5 Å². The molecule has 1 aliphatic rings. The largest absolute Gasteiger partial charge is 0.484 e. The molecule has 0 saturated heterocycles. The molecule has 1 aromatic rings. The van der Waals surface area contributed by atoms with Crippen molar-refractivity contribution < 1.29 is 32.6 Å². The lowest BCUT2D eigenvalue weighted by molar-refractivity contribution is -0.153. The number of carbonyl (C=O) groups excluding carboxylic acids is 1. The van der Waals surface area contributed by atoms with Crippen LogP contribution in [-0.2, 0) is 4.79 Å². The molecule has 5 nitrogen and oxygen atoms in total. The minimum absolute atomic E-state index is 0.0192. The Morgan fingerprint density at radius 1 is 1.22 bits per heavy atom. The van der Waals surface area contributed by atoms with E-state index >= 15 is 0 Å². The fourth-order valence-electron chi connectivity index (χ4n) is 2.47. The van der Waals surface area contributed by atoms with Crippen LogP contribution in [0.15, 0.2) is 24.3 Å². The van der Waals surface area contributed by atoms with Crippen LogP contribution >= 0.6 is 0 Å². The van der Waals surface area contributed by atoms with E-state index in [1.807, 2.05) is 0 Å². The molecule has 8 heteroatoms. The molecule has 1 aromatic carbocycles. The summed E-state index contributed by atoms with van der Waals surface area (Å²) in [5.74, 6) is -1.68. The van der Waals surface area contributed by atoms with Crippen LogP contribution in [0.4, 0.5) is 13.2 Å². The first kappa shape index (κ1) is 17.1. The second kappa shape index (κ2) is 6.89. The number of alkyl halides is 3. The maximum absolute atomic E-state index is 12.0. The molecule has 23 heavy (non-hydrogen) atoms. The van der Waals surface area contributed by atoms with Crippen LogP contribution in [0.1, 0.15) is 29.6 Å². The van der Waals surface area contributed by atoms with E-state index in [9.17, 15) is 22.8 Å². The van der Waals surface area contributed by atoms with Crippen molar-refractivity contribution in [2.45, 2.75) is 31.5 Å². The normalized spacial score (nSPS) is 21.0. The number of benzene rings is 1. The number of hydrogen-bond donors (Lipinski definition) is 2. The molecule has 1 fully saturated rings. The fraction of sp³-hybridized carbons (Fsp3) is 0.467. The van der Waals surface area contributed by atoms with Gasteiger partial charge in [0.1, 0.15) is 5.75 Å². The zero-order chi connectivity index (χ0) is 17.0. The van der Waals surface area contributed by atoms with Crippen LogP contribution in [0.25, 0.3) is 0 Å². The number of carboxylic acid groups (broad SMARTS) is 1. The maximum atomic E-state index is 12.0. The van der Waals surface area contributed by atoms with Gasteiger partial charge in [-0.15, -0.1) is 0 Å². The number of ether oxygens (including phenoxy) is 1. The number of halogens is 3. The Morgan fingerprint density at radius 2 is 1.87 bits per heavy atom. The van der Waals surface area contributed by atoms with Crippen LogP contribution < -0.4 is 10.1 Å². The summed E-state index contributed by atoms with van der Waals surface area (Å²) < 4.78 is 40.7. The number of carbonyl (C=O) groups is 2. The standard InChI is InChI=1S/C15H16F3NO4/c16-15(17,18)8-23-12-5-2-9(3-6-12)13(20)19-11-4-1-10(7-11)14(21)22/h2-3,5-6,10-11H,1,4,7-8H2,(H,19,20)(H,21,22)/t10-,11+/m1/s1. The van der Waals surface area contributed by atoms with E-state index in [0.29, 0.717) is 19.3 Å². The summed E-state index contributed by atoms with van der Waals surface area (Å²) in [7, 11) is 0. The highest BCUT2D eigenvalue weighted by atomic mass is 19.4. The van der Waals surface area contributed by atoms with Gasteiger partial charge in [-0.3, -0.25) is 9.59 Å². The Balaban J connectivity index is 1.87. The Kier molecular flexibility index (Phi) is 5.12. The van der Waals surface area contributed by atoms with E-state index in [-0.39, 0.29) is 23.3 Å². The molecule has 2 N–H and O–H groups in total. The summed E-state index contributed by atoms with van der Waals surface area (Å²) in [5, 5.41) is 11.6. The molecule has 1 amide bonds. The lowest BCUT2D eigenvalue weighted by atomic mass is 10.1. The Bertz CT molecular complexity index is 571. The molecule has 0 spiro atoms. The first-order chi connectivity index (χ1) is 10.7. The van der Waals surface area contributed by atoms with Crippen LogP contribution in [0, 0.1) is 5.92 Å². The number of carboxylic acids is 1. The lowest BCUT2D eigenvalue weighted by Gasteiger charge is -2.13. The van der Waals surface area contributed by atoms with Gasteiger partial charge >= 0.3 is 12.1 Å². The molecule has 0 bridgehead atoms. The molecule has 2 rings (SSSR count). The lowest BCUT2D eigenvalue weighted by Crippen LogP contribution is -2.33. The molecule has 0 unspecified atom stereocenters. The van der Waals surface area contributed by atoms with Gasteiger partial charge in [-0.1, -0.05) is 0 Å². The molecule has 0 aromatic heterocycles. The van der Waals surface area contributed by atoms with E-state index in [1.165, 1.54) is 24.3 Å². The van der Waals surface area contributed by atoms with Crippen molar-refractivity contribution in [3.8, 4) is 5.75 Å². The summed E-state index contributed by atoms with van der Waals surface area (Å²) in [4.78, 5) is 22.9. The van der Waals surface area contributed by atoms with Crippen LogP contribution in [0.3, 0.4) is 0 Å². The SMILES string of the molecule is O=C(N[C@H]1CC[C@@H](C(=O)O)C1)c1ccc(OCC(F)(F)F)cc1. The van der Waals surface area contributed by atoms with Gasteiger partial charge in [0.15, 0.2) is 6.61 Å². The van der Waals surface area contributed by atoms with E-state index in [2.05, 4.69) is 10.1 Å². The van der Waals surface area contributed by atoms with E-state index < -0.39 is 24.7 Å². The topological polar surface area (TPSA) is 75.6 Å². The molecule has 0 heterocycles. The van der Waals surface area contributed by atoms with Gasteiger partial charge in [-0.25, -0.2) is 0 Å². The van der Waals surface area contributed by atoms with Crippen molar-refractivity contribution >= 4 is 11.9 Å². The summed E-state index contributed by atoms with van der Waals surface area (Å²) in [5.41, 5.74) is 0.281. The van der Waals surface area contributed by atoms with Gasteiger partial charge in [0.2, 0.25) is 0 Å². The third-order valence-electron chi connectivity index (χ3n) is 3.64. The summed E-state index contributed by atoms with van der Waals surface area (Å²) in [6.45, 7) is -1.39. The maximum Gasteiger partial charge on any atom is 0.422 e. The van der Waals surface area contributed by atoms with Crippen molar-refractivity contribution in [3.63, 3.8) is 0 Å². The highest BCUT2D eigenvalue weighted by Crippen LogP contribution is 2.26. The van der Waals surface area contributed by atoms with E-state index in [4.69, 9.17) is 5.11 Å². The predicted octanol–water partition coefficient (Wildman–Crippen LogP) is 2.61. The van der Waals surface area contributed by atoms with Gasteiger partial charge in [0.25, 0.3) is 5.91 Å². The Hall–Kier alpha value is -2.25. The highest BCUT2D eigenvalue weighted by Gasteiger charge is 2.31. The molecule has 1 aliphatic carbocycles. The van der Waals surface area contributed by atoms with Crippen LogP contribution in [0.5, 0.6) is 5.75 Å². The fourth-order valence-corrected chi connectivity index (χ4v) is 2.47. The van der Waals surface area contributed by atoms with Crippen molar-refractivity contribution in [2.24, 2.45) is 5.92 Å². The second-order valence-corrected chi connectivity index (χ2v) is 5.45. The highest BCUT2D eigenvalue weighted by molar-refractivity contribution is 5.94. The zero-order valence-electron chi connectivity index (χ0n) is 12.1. The monoisotopic (exact) mass is 331 g/mol. The summed E-state index contributed by atoms with van der Waals surface area (Å²) >= 11 is 0. The van der Waals surface area contributed by atoms with E-state index in [1.54, 1.807) is 0 Å². The third kappa shape index (κ3) is 5.15. The Labute approximate surface area is 130 Å². The molecule has 126 valence electrons. The van der Waals surface area contributed by atoms with Gasteiger partial charge in [-0.2, -0.15) is 13.2 Å². The molecule has 0 radical (unpaired) electrons. The third-order valence-corrected chi connectivity index (χ3v) is 3.64. The minimum Gasteiger partial charge on any atom is -0.484 e.